The molecule has 1 aliphatic rings. The van der Waals surface area contributed by atoms with Gasteiger partial charge in [0.15, 0.2) is 0 Å². The number of carbonyl (C=O) groups is 1. The molecule has 1 rings (SSSR count). The van der Waals surface area contributed by atoms with E-state index in [9.17, 15) is 4.79 Å². The van der Waals surface area contributed by atoms with Crippen LogP contribution in [0.1, 0.15) is 19.8 Å². The van der Waals surface area contributed by atoms with Gasteiger partial charge in [0, 0.05) is 5.41 Å². The van der Waals surface area contributed by atoms with Gasteiger partial charge in [0.2, 0.25) is 0 Å². The molecule has 0 aromatic rings. The number of rotatable bonds is 1. The Morgan fingerprint density at radius 1 is 1.75 bits per heavy atom. The third-order valence-corrected chi connectivity index (χ3v) is 1.62. The fourth-order valence-electron chi connectivity index (χ4n) is 0.928. The van der Waals surface area contributed by atoms with Crippen LogP contribution in [0.3, 0.4) is 0 Å². The van der Waals surface area contributed by atoms with E-state index in [1.165, 1.54) is 0 Å². The molecule has 0 fully saturated rings. The number of allylic oxidation sites excluding steroid dienone is 2. The van der Waals surface area contributed by atoms with Crippen molar-refractivity contribution in [2.45, 2.75) is 19.8 Å². The van der Waals surface area contributed by atoms with Crippen LogP contribution >= 0.6 is 0 Å². The van der Waals surface area contributed by atoms with Crippen LogP contribution in [0.2, 0.25) is 0 Å². The maximum Gasteiger partial charge on any atom is 0.129 e. The highest BCUT2D eigenvalue weighted by atomic mass is 16.1. The molecule has 0 aromatic carbocycles. The Morgan fingerprint density at radius 3 is 2.75 bits per heavy atom. The van der Waals surface area contributed by atoms with E-state index in [4.69, 9.17) is 0 Å². The average Bonchev–Trinajstić information content (AvgIpc) is 2.17. The van der Waals surface area contributed by atoms with Crippen molar-refractivity contribution in [1.82, 2.24) is 0 Å². The van der Waals surface area contributed by atoms with Gasteiger partial charge < -0.3 is 4.79 Å². The molecule has 1 heteroatoms. The molecule has 1 nitrogen and oxygen atoms in total. The minimum Gasteiger partial charge on any atom is -0.302 e. The summed E-state index contributed by atoms with van der Waals surface area (Å²) in [5.41, 5.74) is -0.125. The van der Waals surface area contributed by atoms with Crippen molar-refractivity contribution in [3.05, 3.63) is 12.2 Å². The SMILES string of the molecule is CC1(C=O)C=CCC1. The Kier molecular flexibility index (Phi) is 1.20. The number of hydrogen-bond acceptors (Lipinski definition) is 1. The molecule has 44 valence electrons. The summed E-state index contributed by atoms with van der Waals surface area (Å²) < 4.78 is 0. The monoisotopic (exact) mass is 110 g/mol. The predicted octanol–water partition coefficient (Wildman–Crippen LogP) is 1.54. The standard InChI is InChI=1S/C7H10O/c1-7(6-8)4-2-3-5-7/h2,4,6H,3,5H2,1H3. The zero-order valence-electron chi connectivity index (χ0n) is 5.05. The van der Waals surface area contributed by atoms with E-state index < -0.39 is 0 Å². The lowest BCUT2D eigenvalue weighted by Crippen LogP contribution is -2.09. The summed E-state index contributed by atoms with van der Waals surface area (Å²) in [6, 6.07) is 0. The Morgan fingerprint density at radius 2 is 2.50 bits per heavy atom. The molecule has 0 N–H and O–H groups in total. The van der Waals surface area contributed by atoms with Gasteiger partial charge in [-0.25, -0.2) is 0 Å². The Labute approximate surface area is 49.4 Å². The molecule has 0 radical (unpaired) electrons. The van der Waals surface area contributed by atoms with Crippen molar-refractivity contribution >= 4 is 6.29 Å². The number of aldehydes is 1. The molecule has 1 aliphatic carbocycles. The molecule has 1 atom stereocenters. The molecule has 0 aliphatic heterocycles. The molecule has 0 aromatic heterocycles. The van der Waals surface area contributed by atoms with E-state index in [-0.39, 0.29) is 5.41 Å². The quantitative estimate of drug-likeness (QED) is 0.369. The minimum atomic E-state index is -0.125. The van der Waals surface area contributed by atoms with Gasteiger partial charge in [-0.1, -0.05) is 12.2 Å². The molecule has 8 heavy (non-hydrogen) atoms. The summed E-state index contributed by atoms with van der Waals surface area (Å²) in [6.45, 7) is 1.96. The van der Waals surface area contributed by atoms with Crippen molar-refractivity contribution in [3.8, 4) is 0 Å². The molecule has 0 saturated carbocycles. The molecular formula is C7H10O. The Bertz CT molecular complexity index is 126. The van der Waals surface area contributed by atoms with E-state index in [2.05, 4.69) is 6.08 Å². The zero-order valence-corrected chi connectivity index (χ0v) is 5.05. The highest BCUT2D eigenvalue weighted by molar-refractivity contribution is 5.62. The first-order valence-electron chi connectivity index (χ1n) is 2.91. The first-order valence-corrected chi connectivity index (χ1v) is 2.91. The normalized spacial score (nSPS) is 35.6. The molecule has 0 heterocycles. The van der Waals surface area contributed by atoms with Gasteiger partial charge in [-0.05, 0) is 19.8 Å². The summed E-state index contributed by atoms with van der Waals surface area (Å²) in [6.07, 6.45) is 7.14. The van der Waals surface area contributed by atoms with Crippen molar-refractivity contribution in [1.29, 1.82) is 0 Å². The smallest absolute Gasteiger partial charge is 0.129 e. The van der Waals surface area contributed by atoms with Crippen LogP contribution in [-0.2, 0) is 4.79 Å². The lowest BCUT2D eigenvalue weighted by Gasteiger charge is -2.09. The van der Waals surface area contributed by atoms with E-state index in [1.54, 1.807) is 0 Å². The summed E-state index contributed by atoms with van der Waals surface area (Å²) in [5, 5.41) is 0. The van der Waals surface area contributed by atoms with Crippen LogP contribution in [-0.4, -0.2) is 6.29 Å². The highest BCUT2D eigenvalue weighted by Crippen LogP contribution is 2.27. The zero-order chi connectivity index (χ0) is 6.04. The van der Waals surface area contributed by atoms with Crippen LogP contribution < -0.4 is 0 Å². The van der Waals surface area contributed by atoms with E-state index in [1.807, 2.05) is 13.0 Å². The van der Waals surface area contributed by atoms with Crippen LogP contribution in [0.15, 0.2) is 12.2 Å². The molecule has 0 saturated heterocycles. The Hall–Kier alpha value is -0.590. The van der Waals surface area contributed by atoms with Crippen LogP contribution in [0.5, 0.6) is 0 Å². The second-order valence-electron chi connectivity index (χ2n) is 2.56. The maximum atomic E-state index is 10.3. The van der Waals surface area contributed by atoms with Crippen LogP contribution in [0.4, 0.5) is 0 Å². The lowest BCUT2D eigenvalue weighted by atomic mass is 9.93. The molecular weight excluding hydrogens is 100 g/mol. The second-order valence-corrected chi connectivity index (χ2v) is 2.56. The second kappa shape index (κ2) is 1.73. The topological polar surface area (TPSA) is 17.1 Å². The van der Waals surface area contributed by atoms with Gasteiger partial charge in [-0.15, -0.1) is 0 Å². The minimum absolute atomic E-state index is 0.125. The van der Waals surface area contributed by atoms with Gasteiger partial charge in [-0.3, -0.25) is 0 Å². The van der Waals surface area contributed by atoms with Crippen molar-refractivity contribution in [2.75, 3.05) is 0 Å². The first-order chi connectivity index (χ1) is 3.77. The van der Waals surface area contributed by atoms with Gasteiger partial charge in [0.05, 0.1) is 0 Å². The van der Waals surface area contributed by atoms with E-state index in [0.29, 0.717) is 0 Å². The number of hydrogen-bond donors (Lipinski definition) is 0. The third kappa shape index (κ3) is 0.808. The lowest BCUT2D eigenvalue weighted by molar-refractivity contribution is -0.113. The van der Waals surface area contributed by atoms with Crippen LogP contribution in [0, 0.1) is 5.41 Å². The molecule has 1 unspecified atom stereocenters. The van der Waals surface area contributed by atoms with Gasteiger partial charge in [0.1, 0.15) is 6.29 Å². The highest BCUT2D eigenvalue weighted by Gasteiger charge is 2.21. The summed E-state index contributed by atoms with van der Waals surface area (Å²) in [4.78, 5) is 10.3. The third-order valence-electron chi connectivity index (χ3n) is 1.62. The molecule has 0 amide bonds. The number of carbonyl (C=O) groups excluding carboxylic acids is 1. The summed E-state index contributed by atoms with van der Waals surface area (Å²) >= 11 is 0. The maximum absolute atomic E-state index is 10.3. The van der Waals surface area contributed by atoms with Crippen molar-refractivity contribution in [2.24, 2.45) is 5.41 Å². The van der Waals surface area contributed by atoms with Gasteiger partial charge >= 0.3 is 0 Å². The fraction of sp³-hybridized carbons (Fsp3) is 0.571. The fourth-order valence-corrected chi connectivity index (χ4v) is 0.928. The Balaban J connectivity index is 2.67. The average molecular weight is 110 g/mol. The summed E-state index contributed by atoms with van der Waals surface area (Å²) in [7, 11) is 0. The largest absolute Gasteiger partial charge is 0.302 e. The predicted molar refractivity (Wildman–Crippen MR) is 32.5 cm³/mol. The molecule has 0 spiro atoms. The van der Waals surface area contributed by atoms with Gasteiger partial charge in [0.25, 0.3) is 0 Å². The van der Waals surface area contributed by atoms with Crippen molar-refractivity contribution < 1.29 is 4.79 Å². The van der Waals surface area contributed by atoms with E-state index >= 15 is 0 Å². The van der Waals surface area contributed by atoms with Gasteiger partial charge in [-0.2, -0.15) is 0 Å². The van der Waals surface area contributed by atoms with E-state index in [0.717, 1.165) is 19.1 Å². The first kappa shape index (κ1) is 5.54. The van der Waals surface area contributed by atoms with Crippen LogP contribution in [0.25, 0.3) is 0 Å². The summed E-state index contributed by atoms with van der Waals surface area (Å²) in [5.74, 6) is 0. The molecule has 0 bridgehead atoms. The van der Waals surface area contributed by atoms with Crippen molar-refractivity contribution in [3.63, 3.8) is 0 Å².